The molecule has 1 amide bonds. The average Bonchev–Trinajstić information content (AvgIpc) is 2.67. The Morgan fingerprint density at radius 1 is 0.931 bits per heavy atom. The molecule has 150 valence electrons. The molecule has 3 rings (SSSR count). The Morgan fingerprint density at radius 2 is 1.62 bits per heavy atom. The lowest BCUT2D eigenvalue weighted by Gasteiger charge is -2.28. The van der Waals surface area contributed by atoms with Crippen molar-refractivity contribution in [3.63, 3.8) is 0 Å². The van der Waals surface area contributed by atoms with E-state index < -0.39 is 15.9 Å². The first-order valence-corrected chi connectivity index (χ1v) is 10.3. The normalized spacial score (nSPS) is 12.3. The van der Waals surface area contributed by atoms with Crippen LogP contribution in [-0.2, 0) is 0 Å². The highest BCUT2D eigenvalue weighted by molar-refractivity contribution is 7.80. The van der Waals surface area contributed by atoms with Gasteiger partial charge >= 0.3 is 0 Å². The molecule has 0 fully saturated rings. The number of fused-ring (bicyclic) bond motifs is 1. The van der Waals surface area contributed by atoms with Gasteiger partial charge in [0, 0.05) is 21.7 Å². The number of carbonyl (C=O) groups is 1. The van der Waals surface area contributed by atoms with Crippen molar-refractivity contribution in [2.75, 3.05) is 5.32 Å². The quantitative estimate of drug-likeness (QED) is 0.244. The summed E-state index contributed by atoms with van der Waals surface area (Å²) in [6, 6.07) is 20.0. The topological polar surface area (TPSA) is 53.2 Å². The van der Waals surface area contributed by atoms with Crippen molar-refractivity contribution in [1.82, 2.24) is 10.6 Å². The number of alkyl halides is 3. The van der Waals surface area contributed by atoms with Gasteiger partial charge in [0.05, 0.1) is 0 Å². The maximum atomic E-state index is 12.5. The van der Waals surface area contributed by atoms with E-state index in [1.54, 1.807) is 18.2 Å². The summed E-state index contributed by atoms with van der Waals surface area (Å²) in [5, 5.41) is 11.2. The predicted octanol–water partition coefficient (Wildman–Crippen LogP) is 5.91. The van der Waals surface area contributed by atoms with E-state index in [0.29, 0.717) is 10.6 Å². The zero-order valence-electron chi connectivity index (χ0n) is 14.8. The summed E-state index contributed by atoms with van der Waals surface area (Å²) in [6.07, 6.45) is -1.09. The van der Waals surface area contributed by atoms with Gasteiger partial charge in [0.2, 0.25) is 3.79 Å². The Bertz CT molecular complexity index is 1050. The molecule has 0 saturated carbocycles. The lowest BCUT2D eigenvalue weighted by molar-refractivity contribution is 0.0934. The zero-order valence-corrected chi connectivity index (χ0v) is 18.6. The number of nitrogens with one attached hydrogen (secondary N) is 3. The molecule has 0 heterocycles. The second kappa shape index (κ2) is 9.37. The average molecular weight is 487 g/mol. The third-order valence-electron chi connectivity index (χ3n) is 4.00. The number of benzene rings is 3. The van der Waals surface area contributed by atoms with Gasteiger partial charge in [0.1, 0.15) is 6.17 Å². The number of halogens is 4. The van der Waals surface area contributed by atoms with Crippen LogP contribution in [0.1, 0.15) is 10.4 Å². The minimum atomic E-state index is -1.86. The van der Waals surface area contributed by atoms with Gasteiger partial charge in [-0.3, -0.25) is 4.79 Å². The van der Waals surface area contributed by atoms with Crippen LogP contribution in [0, 0.1) is 0 Å². The first kappa shape index (κ1) is 21.9. The summed E-state index contributed by atoms with van der Waals surface area (Å²) in [5.41, 5.74) is 1.11. The Balaban J connectivity index is 1.74. The monoisotopic (exact) mass is 485 g/mol. The summed E-state index contributed by atoms with van der Waals surface area (Å²) in [4.78, 5) is 12.5. The molecule has 0 saturated heterocycles. The second-order valence-corrected chi connectivity index (χ2v) is 9.30. The highest BCUT2D eigenvalue weighted by Crippen LogP contribution is 2.30. The van der Waals surface area contributed by atoms with Crippen LogP contribution in [0.4, 0.5) is 5.69 Å². The van der Waals surface area contributed by atoms with Crippen molar-refractivity contribution in [3.8, 4) is 0 Å². The fourth-order valence-corrected chi connectivity index (χ4v) is 3.41. The number of thiocarbonyl (C=S) groups is 1. The molecule has 3 aromatic carbocycles. The molecule has 0 radical (unpaired) electrons. The maximum Gasteiger partial charge on any atom is 0.253 e. The molecule has 0 aliphatic heterocycles. The molecule has 0 aliphatic rings. The number of carbonyl (C=O) groups excluding carboxylic acids is 1. The molecule has 3 aromatic rings. The molecular weight excluding hydrogens is 472 g/mol. The lowest BCUT2D eigenvalue weighted by atomic mass is 10.1. The lowest BCUT2D eigenvalue weighted by Crippen LogP contribution is -2.56. The molecule has 3 N–H and O–H groups in total. The highest BCUT2D eigenvalue weighted by atomic mass is 35.6. The molecule has 0 aromatic heterocycles. The van der Waals surface area contributed by atoms with Crippen LogP contribution in [0.2, 0.25) is 5.02 Å². The first-order chi connectivity index (χ1) is 13.7. The van der Waals surface area contributed by atoms with E-state index >= 15 is 0 Å². The molecule has 0 unspecified atom stereocenters. The predicted molar refractivity (Wildman–Crippen MR) is 126 cm³/mol. The Kier molecular flexibility index (Phi) is 7.09. The molecule has 4 nitrogen and oxygen atoms in total. The van der Waals surface area contributed by atoms with Crippen molar-refractivity contribution in [1.29, 1.82) is 0 Å². The summed E-state index contributed by atoms with van der Waals surface area (Å²) in [5.74, 6) is -0.468. The van der Waals surface area contributed by atoms with Gasteiger partial charge in [0.25, 0.3) is 5.91 Å². The van der Waals surface area contributed by atoms with E-state index in [2.05, 4.69) is 16.0 Å². The van der Waals surface area contributed by atoms with Gasteiger partial charge in [-0.25, -0.2) is 0 Å². The van der Waals surface area contributed by atoms with Crippen molar-refractivity contribution in [2.45, 2.75) is 9.96 Å². The summed E-state index contributed by atoms with van der Waals surface area (Å²) in [6.45, 7) is 0. The molecule has 0 bridgehead atoms. The SMILES string of the molecule is O=C(N[C@@H](NC(=S)Nc1cccc2ccccc12)C(Cl)(Cl)Cl)c1cccc(Cl)c1. The number of hydrogen-bond acceptors (Lipinski definition) is 2. The summed E-state index contributed by atoms with van der Waals surface area (Å²) in [7, 11) is 0. The van der Waals surface area contributed by atoms with Crippen LogP contribution < -0.4 is 16.0 Å². The van der Waals surface area contributed by atoms with Gasteiger partial charge in [-0.2, -0.15) is 0 Å². The Morgan fingerprint density at radius 3 is 2.34 bits per heavy atom. The maximum absolute atomic E-state index is 12.5. The van der Waals surface area contributed by atoms with Crippen molar-refractivity contribution < 1.29 is 4.79 Å². The molecular formula is C20H15Cl4N3OS. The van der Waals surface area contributed by atoms with Crippen LogP contribution in [0.5, 0.6) is 0 Å². The van der Waals surface area contributed by atoms with E-state index in [1.807, 2.05) is 42.5 Å². The highest BCUT2D eigenvalue weighted by Gasteiger charge is 2.35. The minimum Gasteiger partial charge on any atom is -0.339 e. The standard InChI is InChI=1S/C20H15Cl4N3OS/c21-14-8-3-7-13(11-14)17(28)26-18(20(22,23)24)27-19(29)25-16-10-4-6-12-5-1-2-9-15(12)16/h1-11,18H,(H,26,28)(H2,25,27,29)/t18-/m0/s1. The number of anilines is 1. The molecule has 9 heteroatoms. The van der Waals surface area contributed by atoms with Gasteiger partial charge in [-0.1, -0.05) is 88.9 Å². The van der Waals surface area contributed by atoms with Crippen molar-refractivity contribution >= 4 is 86.1 Å². The van der Waals surface area contributed by atoms with Gasteiger partial charge < -0.3 is 16.0 Å². The summed E-state index contributed by atoms with van der Waals surface area (Å²) < 4.78 is -1.86. The molecule has 0 spiro atoms. The number of hydrogen-bond donors (Lipinski definition) is 3. The fraction of sp³-hybridized carbons (Fsp3) is 0.100. The van der Waals surface area contributed by atoms with E-state index in [9.17, 15) is 4.79 Å². The van der Waals surface area contributed by atoms with E-state index in [0.717, 1.165) is 16.5 Å². The minimum absolute atomic E-state index is 0.184. The second-order valence-electron chi connectivity index (χ2n) is 6.08. The summed E-state index contributed by atoms with van der Waals surface area (Å²) >= 11 is 29.4. The first-order valence-electron chi connectivity index (χ1n) is 8.42. The van der Waals surface area contributed by atoms with Crippen LogP contribution >= 0.6 is 58.6 Å². The van der Waals surface area contributed by atoms with Crippen molar-refractivity contribution in [2.24, 2.45) is 0 Å². The Hall–Kier alpha value is -1.76. The number of amides is 1. The van der Waals surface area contributed by atoms with Crippen LogP contribution in [0.15, 0.2) is 66.7 Å². The smallest absolute Gasteiger partial charge is 0.253 e. The van der Waals surface area contributed by atoms with Gasteiger partial charge in [0.15, 0.2) is 5.11 Å². The molecule has 1 atom stereocenters. The van der Waals surface area contributed by atoms with Gasteiger partial charge in [-0.05, 0) is 41.9 Å². The third kappa shape index (κ3) is 5.87. The van der Waals surface area contributed by atoms with Crippen LogP contribution in [0.25, 0.3) is 10.8 Å². The van der Waals surface area contributed by atoms with E-state index in [1.165, 1.54) is 6.07 Å². The van der Waals surface area contributed by atoms with Crippen molar-refractivity contribution in [3.05, 3.63) is 77.3 Å². The van der Waals surface area contributed by atoms with E-state index in [4.69, 9.17) is 58.6 Å². The largest absolute Gasteiger partial charge is 0.339 e. The zero-order chi connectivity index (χ0) is 21.0. The molecule has 0 aliphatic carbocycles. The van der Waals surface area contributed by atoms with Crippen LogP contribution in [0.3, 0.4) is 0 Å². The Labute approximate surface area is 193 Å². The van der Waals surface area contributed by atoms with Crippen LogP contribution in [-0.4, -0.2) is 21.0 Å². The third-order valence-corrected chi connectivity index (χ3v) is 5.11. The fourth-order valence-electron chi connectivity index (χ4n) is 2.67. The van der Waals surface area contributed by atoms with Gasteiger partial charge in [-0.15, -0.1) is 0 Å². The number of rotatable bonds is 4. The van der Waals surface area contributed by atoms with E-state index in [-0.39, 0.29) is 5.11 Å². The molecule has 29 heavy (non-hydrogen) atoms.